The number of nitrogens with two attached hydrogens (primary N) is 1. The van der Waals surface area contributed by atoms with Gasteiger partial charge in [-0.3, -0.25) is 10.1 Å². The van der Waals surface area contributed by atoms with Crippen molar-refractivity contribution in [3.8, 4) is 40.1 Å². The van der Waals surface area contributed by atoms with Crippen molar-refractivity contribution in [2.24, 2.45) is 0 Å². The van der Waals surface area contributed by atoms with Gasteiger partial charge in [0.2, 0.25) is 0 Å². The van der Waals surface area contributed by atoms with Gasteiger partial charge in [0.15, 0.2) is 0 Å². The summed E-state index contributed by atoms with van der Waals surface area (Å²) in [5.41, 5.74) is 8.49. The van der Waals surface area contributed by atoms with Gasteiger partial charge in [-0.2, -0.15) is 10.5 Å². The lowest BCUT2D eigenvalue weighted by Gasteiger charge is -2.14. The van der Waals surface area contributed by atoms with E-state index in [1.807, 2.05) is 6.07 Å². The van der Waals surface area contributed by atoms with Crippen LogP contribution in [-0.2, 0) is 0 Å². The molecular formula is C21H14N4O3. The molecule has 0 saturated heterocycles. The first kappa shape index (κ1) is 18.4. The molecule has 136 valence electrons. The number of nitrogen functional groups attached to an aromatic ring is 1. The van der Waals surface area contributed by atoms with E-state index in [4.69, 9.17) is 10.5 Å². The molecule has 0 unspecified atom stereocenters. The van der Waals surface area contributed by atoms with Crippen molar-refractivity contribution in [2.75, 3.05) is 12.8 Å². The van der Waals surface area contributed by atoms with Crippen molar-refractivity contribution in [1.82, 2.24) is 0 Å². The van der Waals surface area contributed by atoms with E-state index in [-0.39, 0.29) is 22.5 Å². The zero-order chi connectivity index (χ0) is 20.3. The van der Waals surface area contributed by atoms with Crippen molar-refractivity contribution in [3.63, 3.8) is 0 Å². The van der Waals surface area contributed by atoms with E-state index in [0.29, 0.717) is 28.0 Å². The van der Waals surface area contributed by atoms with E-state index in [1.165, 1.54) is 18.2 Å². The first-order valence-electron chi connectivity index (χ1n) is 8.16. The largest absolute Gasteiger partial charge is 0.497 e. The molecule has 0 amide bonds. The molecule has 0 radical (unpaired) electrons. The predicted octanol–water partition coefficient (Wildman–Crippen LogP) is 4.26. The van der Waals surface area contributed by atoms with E-state index in [0.717, 1.165) is 0 Å². The number of nitriles is 2. The highest BCUT2D eigenvalue weighted by atomic mass is 16.6. The Morgan fingerprint density at radius 1 is 0.964 bits per heavy atom. The van der Waals surface area contributed by atoms with Gasteiger partial charge in [-0.05, 0) is 29.3 Å². The van der Waals surface area contributed by atoms with Crippen molar-refractivity contribution >= 4 is 11.4 Å². The number of rotatable bonds is 4. The average Bonchev–Trinajstić information content (AvgIpc) is 2.73. The molecule has 7 nitrogen and oxygen atoms in total. The maximum absolute atomic E-state index is 11.1. The lowest BCUT2D eigenvalue weighted by atomic mass is 9.89. The Labute approximate surface area is 161 Å². The van der Waals surface area contributed by atoms with Crippen molar-refractivity contribution in [2.45, 2.75) is 0 Å². The van der Waals surface area contributed by atoms with Crippen LogP contribution in [0.15, 0.2) is 54.6 Å². The van der Waals surface area contributed by atoms with Crippen LogP contribution in [0.1, 0.15) is 11.1 Å². The zero-order valence-corrected chi connectivity index (χ0v) is 14.8. The first-order valence-corrected chi connectivity index (χ1v) is 8.16. The quantitative estimate of drug-likeness (QED) is 0.415. The third-order valence-corrected chi connectivity index (χ3v) is 4.36. The molecule has 0 fully saturated rings. The Morgan fingerprint density at radius 2 is 1.57 bits per heavy atom. The Bertz CT molecular complexity index is 1160. The summed E-state index contributed by atoms with van der Waals surface area (Å²) in [6.07, 6.45) is 0. The van der Waals surface area contributed by atoms with Gasteiger partial charge < -0.3 is 10.5 Å². The second-order valence-electron chi connectivity index (χ2n) is 5.89. The van der Waals surface area contributed by atoms with E-state index >= 15 is 0 Å². The standard InChI is InChI=1S/C21H14N4O3/c1-28-16-7-5-13(6-8-16)17-10-18(20(12-23)21(24)19(17)11-22)14-3-2-4-15(9-14)25(26)27/h2-10H,24H2,1H3. The normalized spacial score (nSPS) is 9.96. The maximum Gasteiger partial charge on any atom is 0.270 e. The second kappa shape index (κ2) is 7.48. The molecule has 7 heteroatoms. The Balaban J connectivity index is 2.30. The van der Waals surface area contributed by atoms with Gasteiger partial charge in [0, 0.05) is 23.3 Å². The molecule has 0 aliphatic rings. The van der Waals surface area contributed by atoms with Crippen molar-refractivity contribution in [3.05, 3.63) is 75.8 Å². The number of nitrogens with zero attached hydrogens (tertiary/aromatic N) is 3. The number of nitro benzene ring substituents is 1. The third kappa shape index (κ3) is 3.20. The third-order valence-electron chi connectivity index (χ3n) is 4.36. The van der Waals surface area contributed by atoms with E-state index < -0.39 is 4.92 Å². The number of hydrogen-bond acceptors (Lipinski definition) is 6. The Hall–Kier alpha value is -4.36. The monoisotopic (exact) mass is 370 g/mol. The highest BCUT2D eigenvalue weighted by molar-refractivity contribution is 5.89. The predicted molar refractivity (Wildman–Crippen MR) is 104 cm³/mol. The zero-order valence-electron chi connectivity index (χ0n) is 14.8. The van der Waals surface area contributed by atoms with Crippen LogP contribution >= 0.6 is 0 Å². The Morgan fingerprint density at radius 3 is 2.11 bits per heavy atom. The lowest BCUT2D eigenvalue weighted by molar-refractivity contribution is -0.384. The molecule has 0 aromatic heterocycles. The summed E-state index contributed by atoms with van der Waals surface area (Å²) >= 11 is 0. The molecule has 0 aliphatic heterocycles. The number of nitro groups is 1. The Kier molecular flexibility index (Phi) is 4.93. The molecule has 0 bridgehead atoms. The molecule has 0 heterocycles. The molecule has 0 aliphatic carbocycles. The maximum atomic E-state index is 11.1. The number of ether oxygens (including phenoxy) is 1. The number of methoxy groups -OCH3 is 1. The van der Waals surface area contributed by atoms with Gasteiger partial charge >= 0.3 is 0 Å². The SMILES string of the molecule is COc1ccc(-c2cc(-c3cccc([N+](=O)[O-])c3)c(C#N)c(N)c2C#N)cc1. The minimum absolute atomic E-state index is 0.0415. The molecule has 0 saturated carbocycles. The summed E-state index contributed by atoms with van der Waals surface area (Å²) in [7, 11) is 1.55. The van der Waals surface area contributed by atoms with Crippen LogP contribution in [-0.4, -0.2) is 12.0 Å². The molecule has 3 rings (SSSR count). The van der Waals surface area contributed by atoms with Crippen LogP contribution in [0, 0.1) is 32.8 Å². The van der Waals surface area contributed by atoms with Crippen molar-refractivity contribution in [1.29, 1.82) is 10.5 Å². The number of anilines is 1. The summed E-state index contributed by atoms with van der Waals surface area (Å²) in [5.74, 6) is 0.655. The molecule has 28 heavy (non-hydrogen) atoms. The molecule has 3 aromatic carbocycles. The summed E-state index contributed by atoms with van der Waals surface area (Å²) < 4.78 is 5.15. The molecule has 2 N–H and O–H groups in total. The smallest absolute Gasteiger partial charge is 0.270 e. The minimum atomic E-state index is -0.507. The summed E-state index contributed by atoms with van der Waals surface area (Å²) in [4.78, 5) is 10.6. The average molecular weight is 370 g/mol. The van der Waals surface area contributed by atoms with Gasteiger partial charge in [0.25, 0.3) is 5.69 Å². The lowest BCUT2D eigenvalue weighted by Crippen LogP contribution is -2.01. The highest BCUT2D eigenvalue weighted by Crippen LogP contribution is 2.38. The number of benzene rings is 3. The van der Waals surface area contributed by atoms with Gasteiger partial charge in [0.1, 0.15) is 17.9 Å². The first-order chi connectivity index (χ1) is 13.5. The van der Waals surface area contributed by atoms with Gasteiger partial charge in [-0.1, -0.05) is 24.3 Å². The molecule has 3 aromatic rings. The van der Waals surface area contributed by atoms with Crippen LogP contribution in [0.25, 0.3) is 22.3 Å². The summed E-state index contributed by atoms with van der Waals surface area (Å²) in [6.45, 7) is 0. The van der Waals surface area contributed by atoms with Crippen LogP contribution in [0.2, 0.25) is 0 Å². The van der Waals surface area contributed by atoms with Gasteiger partial charge in [0.05, 0.1) is 28.8 Å². The van der Waals surface area contributed by atoms with Crippen LogP contribution in [0.3, 0.4) is 0 Å². The highest BCUT2D eigenvalue weighted by Gasteiger charge is 2.19. The summed E-state index contributed by atoms with van der Waals surface area (Å²) in [5, 5.41) is 30.3. The van der Waals surface area contributed by atoms with Gasteiger partial charge in [-0.15, -0.1) is 0 Å². The number of hydrogen-bond donors (Lipinski definition) is 1. The fourth-order valence-electron chi connectivity index (χ4n) is 2.96. The van der Waals surface area contributed by atoms with E-state index in [1.54, 1.807) is 43.5 Å². The van der Waals surface area contributed by atoms with Crippen LogP contribution in [0.4, 0.5) is 11.4 Å². The van der Waals surface area contributed by atoms with E-state index in [9.17, 15) is 20.6 Å². The summed E-state index contributed by atoms with van der Waals surface area (Å²) in [6, 6.07) is 18.7. The number of non-ortho nitro benzene ring substituents is 1. The molecule has 0 atom stereocenters. The fourth-order valence-corrected chi connectivity index (χ4v) is 2.96. The second-order valence-corrected chi connectivity index (χ2v) is 5.89. The van der Waals surface area contributed by atoms with Crippen molar-refractivity contribution < 1.29 is 9.66 Å². The van der Waals surface area contributed by atoms with Crippen LogP contribution in [0.5, 0.6) is 5.75 Å². The fraction of sp³-hybridized carbons (Fsp3) is 0.0476. The molecule has 0 spiro atoms. The topological polar surface area (TPSA) is 126 Å². The minimum Gasteiger partial charge on any atom is -0.497 e. The van der Waals surface area contributed by atoms with Gasteiger partial charge in [-0.25, -0.2) is 0 Å². The van der Waals surface area contributed by atoms with Crippen LogP contribution < -0.4 is 10.5 Å². The molecular weight excluding hydrogens is 356 g/mol. The van der Waals surface area contributed by atoms with E-state index in [2.05, 4.69) is 6.07 Å².